The number of carbonyl (C=O) groups is 1. The van der Waals surface area contributed by atoms with E-state index >= 15 is 4.39 Å². The number of halogens is 1. The van der Waals surface area contributed by atoms with Gasteiger partial charge in [0.15, 0.2) is 11.5 Å². The van der Waals surface area contributed by atoms with Gasteiger partial charge in [0.1, 0.15) is 5.82 Å². The lowest BCUT2D eigenvalue weighted by molar-refractivity contribution is -0.118. The van der Waals surface area contributed by atoms with Crippen LogP contribution < -0.4 is 14.8 Å². The molecule has 0 saturated heterocycles. The fourth-order valence-electron chi connectivity index (χ4n) is 4.55. The van der Waals surface area contributed by atoms with Gasteiger partial charge in [0, 0.05) is 32.0 Å². The summed E-state index contributed by atoms with van der Waals surface area (Å²) in [6, 6.07) is 10.7. The van der Waals surface area contributed by atoms with Crippen LogP contribution in [-0.2, 0) is 22.2 Å². The van der Waals surface area contributed by atoms with Crippen LogP contribution in [0.3, 0.4) is 0 Å². The van der Waals surface area contributed by atoms with E-state index in [9.17, 15) is 9.90 Å². The van der Waals surface area contributed by atoms with Crippen molar-refractivity contribution in [2.75, 3.05) is 18.7 Å². The first-order chi connectivity index (χ1) is 15.2. The summed E-state index contributed by atoms with van der Waals surface area (Å²) < 4.78 is 27.8. The highest BCUT2D eigenvalue weighted by Gasteiger charge is 2.51. The number of aromatic nitrogens is 1. The molecule has 172 valence electrons. The third-order valence-corrected chi connectivity index (χ3v) is 6.44. The Balaban J connectivity index is 0.00000162. The largest absolute Gasteiger partial charge is 0.454 e. The molecule has 1 amide bonds. The molecule has 1 aromatic heterocycles. The molecule has 0 radical (unpaired) electrons. The number of rotatable bonds is 5. The Labute approximate surface area is 188 Å². The normalized spacial score (nSPS) is 16.4. The van der Waals surface area contributed by atoms with Gasteiger partial charge in [0.25, 0.3) is 0 Å². The van der Waals surface area contributed by atoms with Crippen LogP contribution in [0.5, 0.6) is 11.5 Å². The highest BCUT2D eigenvalue weighted by atomic mass is 19.1. The molecule has 1 saturated carbocycles. The SMILES string of the molecule is CC(C)(C)c1cc2cc(NC(=O)C3(c4ccc5c(c4)OCO5)CC3)c(F)cc2n1CCO.[HH].[HH]. The number of hydrogen-bond acceptors (Lipinski definition) is 4. The number of aliphatic hydroxyl groups excluding tert-OH is 1. The first-order valence-corrected chi connectivity index (χ1v) is 10.9. The molecule has 2 aromatic carbocycles. The monoisotopic (exact) mass is 442 g/mol. The highest BCUT2D eigenvalue weighted by molar-refractivity contribution is 6.02. The first-order valence-electron chi connectivity index (χ1n) is 10.9. The summed E-state index contributed by atoms with van der Waals surface area (Å²) in [5.41, 5.74) is 1.87. The molecule has 6 nitrogen and oxygen atoms in total. The summed E-state index contributed by atoms with van der Waals surface area (Å²) in [6.07, 6.45) is 1.40. The van der Waals surface area contributed by atoms with Crippen LogP contribution in [0.25, 0.3) is 10.9 Å². The average Bonchev–Trinajstić information content (AvgIpc) is 3.29. The van der Waals surface area contributed by atoms with E-state index < -0.39 is 11.2 Å². The number of aliphatic hydroxyl groups is 1. The average molecular weight is 443 g/mol. The van der Waals surface area contributed by atoms with Crippen LogP contribution in [0.1, 0.15) is 47.7 Å². The van der Waals surface area contributed by atoms with Crippen LogP contribution in [0.4, 0.5) is 10.1 Å². The Morgan fingerprint density at radius 3 is 2.62 bits per heavy atom. The summed E-state index contributed by atoms with van der Waals surface area (Å²) in [6.45, 7) is 6.76. The molecule has 5 rings (SSSR count). The minimum Gasteiger partial charge on any atom is -0.454 e. The number of carbonyl (C=O) groups excluding carboxylic acids is 1. The molecule has 0 unspecified atom stereocenters. The molecular formula is C25H31FN2O4. The van der Waals surface area contributed by atoms with Gasteiger partial charge in [0.2, 0.25) is 12.7 Å². The van der Waals surface area contributed by atoms with Gasteiger partial charge in [-0.15, -0.1) is 0 Å². The third-order valence-electron chi connectivity index (χ3n) is 6.44. The summed E-state index contributed by atoms with van der Waals surface area (Å²) >= 11 is 0. The van der Waals surface area contributed by atoms with Gasteiger partial charge in [-0.3, -0.25) is 4.79 Å². The van der Waals surface area contributed by atoms with Crippen molar-refractivity contribution < 1.29 is 26.6 Å². The van der Waals surface area contributed by atoms with Gasteiger partial charge in [-0.25, -0.2) is 4.39 Å². The second-order valence-corrected chi connectivity index (χ2v) is 9.65. The van der Waals surface area contributed by atoms with Crippen molar-refractivity contribution in [3.8, 4) is 11.5 Å². The van der Waals surface area contributed by atoms with Gasteiger partial charge < -0.3 is 24.5 Å². The number of anilines is 1. The van der Waals surface area contributed by atoms with Crippen LogP contribution in [0.15, 0.2) is 36.4 Å². The van der Waals surface area contributed by atoms with E-state index in [1.54, 1.807) is 6.07 Å². The maximum atomic E-state index is 15.1. The Bertz CT molecular complexity index is 1230. The molecule has 1 fully saturated rings. The lowest BCUT2D eigenvalue weighted by atomic mass is 9.92. The summed E-state index contributed by atoms with van der Waals surface area (Å²) in [7, 11) is 0. The summed E-state index contributed by atoms with van der Waals surface area (Å²) in [5.74, 6) is 0.586. The minimum atomic E-state index is -0.679. The fourth-order valence-corrected chi connectivity index (χ4v) is 4.55. The molecule has 3 aromatic rings. The number of ether oxygens (including phenoxy) is 2. The van der Waals surface area contributed by atoms with Crippen LogP contribution >= 0.6 is 0 Å². The van der Waals surface area contributed by atoms with Gasteiger partial charge in [-0.05, 0) is 42.7 Å². The van der Waals surface area contributed by atoms with Crippen molar-refractivity contribution in [1.29, 1.82) is 0 Å². The third kappa shape index (κ3) is 3.32. The van der Waals surface area contributed by atoms with E-state index in [0.717, 1.165) is 16.6 Å². The summed E-state index contributed by atoms with van der Waals surface area (Å²) in [5, 5.41) is 13.2. The maximum absolute atomic E-state index is 15.1. The zero-order valence-electron chi connectivity index (χ0n) is 18.5. The van der Waals surface area contributed by atoms with E-state index in [0.29, 0.717) is 36.4 Å². The second kappa shape index (κ2) is 7.24. The molecule has 0 bridgehead atoms. The van der Waals surface area contributed by atoms with Crippen LogP contribution in [0, 0.1) is 5.82 Å². The molecule has 2 aliphatic rings. The van der Waals surface area contributed by atoms with E-state index in [1.165, 1.54) is 6.07 Å². The molecule has 32 heavy (non-hydrogen) atoms. The Hall–Kier alpha value is -3.06. The number of nitrogens with zero attached hydrogens (tertiary/aromatic N) is 1. The quantitative estimate of drug-likeness (QED) is 0.586. The highest BCUT2D eigenvalue weighted by Crippen LogP contribution is 2.51. The van der Waals surface area contributed by atoms with Gasteiger partial charge in [0.05, 0.1) is 23.2 Å². The zero-order valence-corrected chi connectivity index (χ0v) is 18.5. The number of fused-ring (bicyclic) bond motifs is 2. The fraction of sp³-hybridized carbons (Fsp3) is 0.400. The summed E-state index contributed by atoms with van der Waals surface area (Å²) in [4.78, 5) is 13.2. The smallest absolute Gasteiger partial charge is 0.235 e. The first kappa shape index (κ1) is 20.8. The topological polar surface area (TPSA) is 72.7 Å². The standard InChI is InChI=1S/C25H27FN2O4.2H2/c1-24(2,3)22-11-15-10-18(17(26)13-19(15)28(22)8-9-29)27-23(30)25(6-7-25)16-4-5-20-21(12-16)32-14-31-20;;/h4-5,10-13,29H,6-9,14H2,1-3H3,(H,27,30);2*1H. The number of hydrogen-bond donors (Lipinski definition) is 2. The van der Waals surface area contributed by atoms with Crippen molar-refractivity contribution in [2.45, 2.75) is 51.0 Å². The molecule has 1 aliphatic carbocycles. The van der Waals surface area contributed by atoms with Crippen molar-refractivity contribution in [1.82, 2.24) is 4.57 Å². The van der Waals surface area contributed by atoms with E-state index in [1.807, 2.05) is 28.8 Å². The van der Waals surface area contributed by atoms with E-state index in [2.05, 4.69) is 26.1 Å². The van der Waals surface area contributed by atoms with Gasteiger partial charge in [-0.2, -0.15) is 0 Å². The lowest BCUT2D eigenvalue weighted by Crippen LogP contribution is -2.28. The zero-order chi connectivity index (χ0) is 22.7. The molecular weight excluding hydrogens is 411 g/mol. The minimum absolute atomic E-state index is 0. The van der Waals surface area contributed by atoms with E-state index in [4.69, 9.17) is 9.47 Å². The number of nitrogens with one attached hydrogen (secondary N) is 1. The van der Waals surface area contributed by atoms with Gasteiger partial charge in [-0.1, -0.05) is 26.8 Å². The molecule has 1 aliphatic heterocycles. The number of amides is 1. The van der Waals surface area contributed by atoms with E-state index in [-0.39, 0.29) is 33.3 Å². The van der Waals surface area contributed by atoms with Crippen molar-refractivity contribution in [2.24, 2.45) is 0 Å². The molecule has 7 heteroatoms. The Morgan fingerprint density at radius 2 is 1.94 bits per heavy atom. The molecule has 2 N–H and O–H groups in total. The van der Waals surface area contributed by atoms with Crippen LogP contribution in [-0.4, -0.2) is 29.0 Å². The molecule has 0 atom stereocenters. The number of benzene rings is 2. The maximum Gasteiger partial charge on any atom is 0.235 e. The lowest BCUT2D eigenvalue weighted by Gasteiger charge is -2.21. The molecule has 0 spiro atoms. The second-order valence-electron chi connectivity index (χ2n) is 9.65. The predicted molar refractivity (Wildman–Crippen MR) is 124 cm³/mol. The Morgan fingerprint density at radius 1 is 1.19 bits per heavy atom. The van der Waals surface area contributed by atoms with Crippen molar-refractivity contribution >= 4 is 22.5 Å². The predicted octanol–water partition coefficient (Wildman–Crippen LogP) is 4.96. The van der Waals surface area contributed by atoms with Crippen molar-refractivity contribution in [3.63, 3.8) is 0 Å². The van der Waals surface area contributed by atoms with Crippen LogP contribution in [0.2, 0.25) is 0 Å². The molecule has 2 heterocycles. The van der Waals surface area contributed by atoms with Crippen molar-refractivity contribution in [3.05, 3.63) is 53.5 Å². The van der Waals surface area contributed by atoms with Gasteiger partial charge >= 0.3 is 0 Å². The Kier molecular flexibility index (Phi) is 4.71.